The van der Waals surface area contributed by atoms with E-state index in [-0.39, 0.29) is 17.2 Å². The molecule has 0 unspecified atom stereocenters. The molecule has 0 aliphatic rings. The molecule has 0 saturated carbocycles. The zero-order valence-corrected chi connectivity index (χ0v) is 15.8. The lowest BCUT2D eigenvalue weighted by molar-refractivity contribution is 0.262. The molecule has 3 rings (SSSR count). The molecular formula is C18H22N8O2. The van der Waals surface area contributed by atoms with E-state index < -0.39 is 6.03 Å². The van der Waals surface area contributed by atoms with Crippen LogP contribution in [0, 0.1) is 0 Å². The number of nitrogens with zero attached hydrogens (tertiary/aromatic N) is 3. The number of hydrogen-bond acceptors (Lipinski definition) is 8. The molecule has 0 bridgehead atoms. The molecule has 0 aliphatic heterocycles. The van der Waals surface area contributed by atoms with Gasteiger partial charge < -0.3 is 26.6 Å². The summed E-state index contributed by atoms with van der Waals surface area (Å²) in [6.07, 6.45) is 0. The molecule has 0 radical (unpaired) electrons. The zero-order chi connectivity index (χ0) is 20.3. The zero-order valence-electron chi connectivity index (χ0n) is 15.8. The van der Waals surface area contributed by atoms with Crippen LogP contribution in [0.1, 0.15) is 26.5 Å². The number of aromatic nitrogens is 3. The summed E-state index contributed by atoms with van der Waals surface area (Å²) in [5.74, 6) is 1.86. The van der Waals surface area contributed by atoms with Crippen LogP contribution in [0.3, 0.4) is 0 Å². The van der Waals surface area contributed by atoms with E-state index in [2.05, 4.69) is 31.1 Å². The Hall–Kier alpha value is -3.82. The number of hydrogen-bond donors (Lipinski definition) is 5. The van der Waals surface area contributed by atoms with Crippen molar-refractivity contribution < 1.29 is 9.32 Å². The first-order valence-corrected chi connectivity index (χ1v) is 8.51. The summed E-state index contributed by atoms with van der Waals surface area (Å²) in [6, 6.07) is 9.87. The van der Waals surface area contributed by atoms with E-state index in [1.807, 2.05) is 20.8 Å². The van der Waals surface area contributed by atoms with Gasteiger partial charge in [0, 0.05) is 28.9 Å². The van der Waals surface area contributed by atoms with Gasteiger partial charge in [0.05, 0.1) is 0 Å². The van der Waals surface area contributed by atoms with E-state index in [1.54, 1.807) is 36.4 Å². The number of benzene rings is 1. The summed E-state index contributed by atoms with van der Waals surface area (Å²) in [4.78, 5) is 20.0. The predicted octanol–water partition coefficient (Wildman–Crippen LogP) is 3.31. The van der Waals surface area contributed by atoms with Crippen LogP contribution in [0.25, 0.3) is 0 Å². The molecule has 2 amide bonds. The van der Waals surface area contributed by atoms with Crippen molar-refractivity contribution in [2.24, 2.45) is 0 Å². The number of rotatable bonds is 4. The van der Waals surface area contributed by atoms with Gasteiger partial charge in [-0.1, -0.05) is 25.9 Å². The van der Waals surface area contributed by atoms with Gasteiger partial charge >= 0.3 is 6.03 Å². The standard InChI is InChI=1S/C18H22N8O2/c1-18(2,3)12-8-15(26-28-12)25-17(27)22-11-6-4-10(5-7-11)21-14-9-13(19)23-16(20)24-14/h4-9H,1-3H3,(H2,22,25,26,27)(H5,19,20,21,23,24). The minimum absolute atomic E-state index is 0.0833. The highest BCUT2D eigenvalue weighted by Crippen LogP contribution is 2.24. The van der Waals surface area contributed by atoms with Crippen LogP contribution >= 0.6 is 0 Å². The van der Waals surface area contributed by atoms with Crippen molar-refractivity contribution in [3.63, 3.8) is 0 Å². The third-order valence-corrected chi connectivity index (χ3v) is 3.67. The molecule has 2 heterocycles. The Morgan fingerprint density at radius 2 is 1.64 bits per heavy atom. The highest BCUT2D eigenvalue weighted by Gasteiger charge is 2.20. The Balaban J connectivity index is 1.59. The van der Waals surface area contributed by atoms with Crippen molar-refractivity contribution in [3.8, 4) is 0 Å². The second kappa shape index (κ2) is 7.43. The Bertz CT molecular complexity index is 956. The fraction of sp³-hybridized carbons (Fsp3) is 0.222. The summed E-state index contributed by atoms with van der Waals surface area (Å²) in [5, 5.41) is 12.3. The van der Waals surface area contributed by atoms with E-state index in [9.17, 15) is 4.79 Å². The van der Waals surface area contributed by atoms with Crippen molar-refractivity contribution in [1.29, 1.82) is 0 Å². The molecule has 10 nitrogen and oxygen atoms in total. The maximum atomic E-state index is 12.1. The first kappa shape index (κ1) is 19.0. The van der Waals surface area contributed by atoms with Gasteiger partial charge in [-0.2, -0.15) is 9.97 Å². The molecule has 0 atom stereocenters. The van der Waals surface area contributed by atoms with Gasteiger partial charge in [0.2, 0.25) is 5.95 Å². The van der Waals surface area contributed by atoms with Crippen LogP contribution in [0.15, 0.2) is 40.9 Å². The maximum absolute atomic E-state index is 12.1. The molecule has 0 aliphatic carbocycles. The lowest BCUT2D eigenvalue weighted by Gasteiger charge is -2.12. The van der Waals surface area contributed by atoms with Gasteiger partial charge in [0.15, 0.2) is 5.82 Å². The van der Waals surface area contributed by atoms with E-state index in [0.29, 0.717) is 23.1 Å². The SMILES string of the molecule is CC(C)(C)c1cc(NC(=O)Nc2ccc(Nc3cc(N)nc(N)n3)cc2)no1. The van der Waals surface area contributed by atoms with Gasteiger partial charge in [-0.3, -0.25) is 5.32 Å². The van der Waals surface area contributed by atoms with Crippen LogP contribution in [0.5, 0.6) is 0 Å². The van der Waals surface area contributed by atoms with Crippen LogP contribution < -0.4 is 27.4 Å². The molecule has 10 heteroatoms. The number of amides is 2. The van der Waals surface area contributed by atoms with Crippen LogP contribution in [-0.4, -0.2) is 21.2 Å². The smallest absolute Gasteiger partial charge is 0.324 e. The topological polar surface area (TPSA) is 157 Å². The van der Waals surface area contributed by atoms with Gasteiger partial charge in [-0.25, -0.2) is 4.79 Å². The lowest BCUT2D eigenvalue weighted by Crippen LogP contribution is -2.19. The van der Waals surface area contributed by atoms with E-state index >= 15 is 0 Å². The molecule has 2 aromatic heterocycles. The molecule has 0 spiro atoms. The molecule has 28 heavy (non-hydrogen) atoms. The predicted molar refractivity (Wildman–Crippen MR) is 108 cm³/mol. The van der Waals surface area contributed by atoms with Crippen LogP contribution in [0.4, 0.5) is 39.6 Å². The Kier molecular flexibility index (Phi) is 5.03. The number of carbonyl (C=O) groups is 1. The Labute approximate surface area is 161 Å². The fourth-order valence-corrected chi connectivity index (χ4v) is 2.30. The minimum atomic E-state index is -0.425. The van der Waals surface area contributed by atoms with Crippen molar-refractivity contribution in [3.05, 3.63) is 42.2 Å². The van der Waals surface area contributed by atoms with Crippen molar-refractivity contribution >= 4 is 40.8 Å². The van der Waals surface area contributed by atoms with E-state index in [1.165, 1.54) is 0 Å². The number of nitrogens with one attached hydrogen (secondary N) is 3. The summed E-state index contributed by atoms with van der Waals surface area (Å²) >= 11 is 0. The number of nitrogen functional groups attached to an aromatic ring is 2. The highest BCUT2D eigenvalue weighted by molar-refractivity contribution is 5.99. The Morgan fingerprint density at radius 1 is 0.964 bits per heavy atom. The third-order valence-electron chi connectivity index (χ3n) is 3.67. The van der Waals surface area contributed by atoms with E-state index in [4.69, 9.17) is 16.0 Å². The molecule has 1 aromatic carbocycles. The highest BCUT2D eigenvalue weighted by atomic mass is 16.5. The average molecular weight is 382 g/mol. The molecule has 0 fully saturated rings. The summed E-state index contributed by atoms with van der Waals surface area (Å²) in [6.45, 7) is 5.99. The maximum Gasteiger partial charge on any atom is 0.324 e. The summed E-state index contributed by atoms with van der Waals surface area (Å²) in [5.41, 5.74) is 12.4. The molecule has 146 valence electrons. The number of nitrogens with two attached hydrogens (primary N) is 2. The van der Waals surface area contributed by atoms with Gasteiger partial charge in [-0.15, -0.1) is 0 Å². The van der Waals surface area contributed by atoms with E-state index in [0.717, 1.165) is 5.69 Å². The average Bonchev–Trinajstić information content (AvgIpc) is 3.04. The molecular weight excluding hydrogens is 360 g/mol. The van der Waals surface area contributed by atoms with Gasteiger partial charge in [-0.05, 0) is 24.3 Å². The lowest BCUT2D eigenvalue weighted by atomic mass is 9.93. The van der Waals surface area contributed by atoms with Crippen molar-refractivity contribution in [2.75, 3.05) is 27.4 Å². The third kappa shape index (κ3) is 4.87. The second-order valence-electron chi connectivity index (χ2n) is 7.14. The normalized spacial score (nSPS) is 11.1. The largest absolute Gasteiger partial charge is 0.383 e. The molecule has 3 aromatic rings. The minimum Gasteiger partial charge on any atom is -0.383 e. The Morgan fingerprint density at radius 3 is 2.25 bits per heavy atom. The number of carbonyl (C=O) groups excluding carboxylic acids is 1. The van der Waals surface area contributed by atoms with Crippen LogP contribution in [-0.2, 0) is 5.41 Å². The number of anilines is 6. The quantitative estimate of drug-likeness (QED) is 0.460. The monoisotopic (exact) mass is 382 g/mol. The second-order valence-corrected chi connectivity index (χ2v) is 7.14. The fourth-order valence-electron chi connectivity index (χ4n) is 2.30. The van der Waals surface area contributed by atoms with Crippen molar-refractivity contribution in [1.82, 2.24) is 15.1 Å². The van der Waals surface area contributed by atoms with Gasteiger partial charge in [0.25, 0.3) is 0 Å². The van der Waals surface area contributed by atoms with Crippen LogP contribution in [0.2, 0.25) is 0 Å². The first-order chi connectivity index (χ1) is 13.2. The van der Waals surface area contributed by atoms with Crippen molar-refractivity contribution in [2.45, 2.75) is 26.2 Å². The summed E-state index contributed by atoms with van der Waals surface area (Å²) < 4.78 is 5.24. The first-order valence-electron chi connectivity index (χ1n) is 8.51. The number of urea groups is 1. The van der Waals surface area contributed by atoms with Gasteiger partial charge in [0.1, 0.15) is 17.4 Å². The molecule has 7 N–H and O–H groups in total. The molecule has 0 saturated heterocycles. The summed E-state index contributed by atoms with van der Waals surface area (Å²) in [7, 11) is 0.